The summed E-state index contributed by atoms with van der Waals surface area (Å²) in [4.78, 5) is 0. The smallest absolute Gasteiger partial charge is 0.0626 e. The molecule has 0 bridgehead atoms. The zero-order valence-electron chi connectivity index (χ0n) is 10.2. The van der Waals surface area contributed by atoms with E-state index in [4.69, 9.17) is 5.73 Å². The minimum absolute atomic E-state index is 0.0417. The van der Waals surface area contributed by atoms with Gasteiger partial charge in [-0.2, -0.15) is 0 Å². The van der Waals surface area contributed by atoms with Crippen molar-refractivity contribution in [3.8, 4) is 0 Å². The van der Waals surface area contributed by atoms with Gasteiger partial charge in [-0.1, -0.05) is 0 Å². The average Bonchev–Trinajstić information content (AvgIpc) is 2.20. The summed E-state index contributed by atoms with van der Waals surface area (Å²) in [5.41, 5.74) is 7.44. The lowest BCUT2D eigenvalue weighted by Crippen LogP contribution is -2.40. The highest BCUT2D eigenvalue weighted by Gasteiger charge is 2.19. The van der Waals surface area contributed by atoms with Gasteiger partial charge in [-0.15, -0.1) is 0 Å². The Morgan fingerprint density at radius 1 is 1.29 bits per heavy atom. The number of aliphatic hydroxyl groups is 1. The lowest BCUT2D eigenvalue weighted by molar-refractivity contribution is 0.217. The van der Waals surface area contributed by atoms with Gasteiger partial charge in [-0.25, -0.2) is 0 Å². The fraction of sp³-hybridized carbons (Fsp3) is 0.500. The van der Waals surface area contributed by atoms with E-state index in [0.717, 1.165) is 14.5 Å². The molecule has 4 N–H and O–H groups in total. The molecule has 3 nitrogen and oxygen atoms in total. The minimum atomic E-state index is -0.108. The fourth-order valence-corrected chi connectivity index (χ4v) is 2.78. The van der Waals surface area contributed by atoms with Crippen LogP contribution < -0.4 is 11.1 Å². The summed E-state index contributed by atoms with van der Waals surface area (Å²) in [5.74, 6) is 0. The van der Waals surface area contributed by atoms with Crippen molar-refractivity contribution in [1.82, 2.24) is 5.32 Å². The number of hydrogen-bond donors (Lipinski definition) is 3. The zero-order chi connectivity index (χ0) is 13.2. The number of halogens is 2. The normalized spacial score (nSPS) is 13.8. The van der Waals surface area contributed by atoms with Crippen LogP contribution in [0.5, 0.6) is 0 Å². The van der Waals surface area contributed by atoms with Crippen LogP contribution in [-0.4, -0.2) is 17.3 Å². The van der Waals surface area contributed by atoms with E-state index in [1.807, 2.05) is 12.1 Å². The Kier molecular flexibility index (Phi) is 5.01. The zero-order valence-corrected chi connectivity index (χ0v) is 13.4. The molecule has 0 radical (unpaired) electrons. The first-order chi connectivity index (χ1) is 7.74. The van der Waals surface area contributed by atoms with Crippen molar-refractivity contribution in [3.63, 3.8) is 0 Å². The molecule has 17 heavy (non-hydrogen) atoms. The van der Waals surface area contributed by atoms with Crippen LogP contribution in [0.2, 0.25) is 0 Å². The van der Waals surface area contributed by atoms with E-state index >= 15 is 0 Å². The number of nitrogen functional groups attached to an aromatic ring is 1. The van der Waals surface area contributed by atoms with E-state index in [1.165, 1.54) is 0 Å². The van der Waals surface area contributed by atoms with Crippen LogP contribution in [0, 0.1) is 0 Å². The van der Waals surface area contributed by atoms with Crippen LogP contribution in [0.3, 0.4) is 0 Å². The largest absolute Gasteiger partial charge is 0.397 e. The summed E-state index contributed by atoms with van der Waals surface area (Å²) in [6.45, 7) is 6.24. The van der Waals surface area contributed by atoms with E-state index in [-0.39, 0.29) is 18.2 Å². The lowest BCUT2D eigenvalue weighted by Gasteiger charge is -2.28. The van der Waals surface area contributed by atoms with Gasteiger partial charge in [-0.3, -0.25) is 0 Å². The molecule has 5 heteroatoms. The Morgan fingerprint density at radius 2 is 1.76 bits per heavy atom. The molecule has 0 aromatic heterocycles. The standard InChI is InChI=1S/C12H18Br2N2O/c1-12(2,3)16-10(6-17)7-4-8(13)11(15)9(14)5-7/h4-5,10,16-17H,6,15H2,1-3H3. The predicted molar refractivity (Wildman–Crippen MR) is 79.0 cm³/mol. The first-order valence-corrected chi connectivity index (χ1v) is 6.96. The molecule has 0 saturated carbocycles. The van der Waals surface area contributed by atoms with Crippen molar-refractivity contribution in [2.24, 2.45) is 0 Å². The van der Waals surface area contributed by atoms with Gasteiger partial charge in [0.2, 0.25) is 0 Å². The molecule has 0 amide bonds. The number of rotatable bonds is 3. The molecular formula is C12H18Br2N2O. The van der Waals surface area contributed by atoms with E-state index in [2.05, 4.69) is 57.9 Å². The number of hydrogen-bond acceptors (Lipinski definition) is 3. The number of nitrogens with one attached hydrogen (secondary N) is 1. The molecule has 1 atom stereocenters. The van der Waals surface area contributed by atoms with E-state index in [0.29, 0.717) is 5.69 Å². The SMILES string of the molecule is CC(C)(C)NC(CO)c1cc(Br)c(N)c(Br)c1. The summed E-state index contributed by atoms with van der Waals surface area (Å²) in [5, 5.41) is 12.8. The Balaban J connectivity index is 3.05. The molecule has 0 saturated heterocycles. The number of nitrogens with two attached hydrogens (primary N) is 1. The molecule has 0 aliphatic carbocycles. The second-order valence-corrected chi connectivity index (χ2v) is 6.74. The van der Waals surface area contributed by atoms with Crippen LogP contribution in [0.15, 0.2) is 21.1 Å². The Bertz CT molecular complexity index is 379. The summed E-state index contributed by atoms with van der Waals surface area (Å²) >= 11 is 6.82. The maximum Gasteiger partial charge on any atom is 0.0626 e. The van der Waals surface area contributed by atoms with Crippen molar-refractivity contribution in [3.05, 3.63) is 26.6 Å². The molecule has 1 unspecified atom stereocenters. The molecule has 0 aliphatic heterocycles. The van der Waals surface area contributed by atoms with Gasteiger partial charge in [0.05, 0.1) is 18.3 Å². The predicted octanol–water partition coefficient (Wildman–Crippen LogP) is 3.22. The van der Waals surface area contributed by atoms with Gasteiger partial charge < -0.3 is 16.2 Å². The fourth-order valence-electron chi connectivity index (χ4n) is 1.56. The Hall–Kier alpha value is -0.100. The topological polar surface area (TPSA) is 58.3 Å². The van der Waals surface area contributed by atoms with Crippen LogP contribution >= 0.6 is 31.9 Å². The number of benzene rings is 1. The highest BCUT2D eigenvalue weighted by molar-refractivity contribution is 9.11. The number of anilines is 1. The van der Waals surface area contributed by atoms with Gasteiger partial charge >= 0.3 is 0 Å². The lowest BCUT2D eigenvalue weighted by atomic mass is 10.0. The average molecular weight is 366 g/mol. The molecule has 1 rings (SSSR count). The van der Waals surface area contributed by atoms with Crippen molar-refractivity contribution in [2.45, 2.75) is 32.4 Å². The van der Waals surface area contributed by atoms with Gasteiger partial charge in [0.1, 0.15) is 0 Å². The third-order valence-corrected chi connectivity index (χ3v) is 3.61. The van der Waals surface area contributed by atoms with Gasteiger partial charge in [-0.05, 0) is 70.3 Å². The van der Waals surface area contributed by atoms with Gasteiger partial charge in [0.25, 0.3) is 0 Å². The Morgan fingerprint density at radius 3 is 2.12 bits per heavy atom. The quantitative estimate of drug-likeness (QED) is 0.721. The summed E-state index contributed by atoms with van der Waals surface area (Å²) in [6, 6.07) is 3.75. The first kappa shape index (κ1) is 15.0. The number of aliphatic hydroxyl groups excluding tert-OH is 1. The second-order valence-electron chi connectivity index (χ2n) is 5.03. The highest BCUT2D eigenvalue weighted by atomic mass is 79.9. The summed E-state index contributed by atoms with van der Waals surface area (Å²) in [7, 11) is 0. The van der Waals surface area contributed by atoms with E-state index in [9.17, 15) is 5.11 Å². The van der Waals surface area contributed by atoms with Gasteiger partial charge in [0.15, 0.2) is 0 Å². The van der Waals surface area contributed by atoms with Crippen molar-refractivity contribution < 1.29 is 5.11 Å². The molecule has 0 fully saturated rings. The van der Waals surface area contributed by atoms with Gasteiger partial charge in [0, 0.05) is 14.5 Å². The third-order valence-electron chi connectivity index (χ3n) is 2.29. The van der Waals surface area contributed by atoms with E-state index in [1.54, 1.807) is 0 Å². The maximum atomic E-state index is 9.47. The van der Waals surface area contributed by atoms with Crippen LogP contribution in [-0.2, 0) is 0 Å². The molecular weight excluding hydrogens is 348 g/mol. The maximum absolute atomic E-state index is 9.47. The summed E-state index contributed by atoms with van der Waals surface area (Å²) < 4.78 is 1.66. The molecule has 0 spiro atoms. The monoisotopic (exact) mass is 364 g/mol. The second kappa shape index (κ2) is 5.69. The molecule has 96 valence electrons. The third kappa shape index (κ3) is 4.25. The Labute approximate surface area is 119 Å². The molecule has 1 aromatic carbocycles. The molecule has 1 aromatic rings. The minimum Gasteiger partial charge on any atom is -0.397 e. The molecule has 0 heterocycles. The van der Waals surface area contributed by atoms with Crippen molar-refractivity contribution in [1.29, 1.82) is 0 Å². The van der Waals surface area contributed by atoms with Crippen molar-refractivity contribution in [2.75, 3.05) is 12.3 Å². The first-order valence-electron chi connectivity index (χ1n) is 5.37. The highest BCUT2D eigenvalue weighted by Crippen LogP contribution is 2.32. The molecule has 0 aliphatic rings. The van der Waals surface area contributed by atoms with Crippen molar-refractivity contribution >= 4 is 37.5 Å². The van der Waals surface area contributed by atoms with E-state index < -0.39 is 0 Å². The van der Waals surface area contributed by atoms with Crippen LogP contribution in [0.1, 0.15) is 32.4 Å². The summed E-state index contributed by atoms with van der Waals surface area (Å²) in [6.07, 6.45) is 0. The van der Waals surface area contributed by atoms with Crippen LogP contribution in [0.25, 0.3) is 0 Å². The van der Waals surface area contributed by atoms with Crippen LogP contribution in [0.4, 0.5) is 5.69 Å².